The summed E-state index contributed by atoms with van der Waals surface area (Å²) in [4.78, 5) is 3.71. The van der Waals surface area contributed by atoms with Crippen molar-refractivity contribution < 1.29 is 12.8 Å². The third-order valence-electron chi connectivity index (χ3n) is 2.32. The number of hydrogen-bond acceptors (Lipinski definition) is 5. The zero-order valence-electron chi connectivity index (χ0n) is 9.75. The Morgan fingerprint density at radius 3 is 2.78 bits per heavy atom. The first kappa shape index (κ1) is 12.6. The third kappa shape index (κ3) is 2.69. The Labute approximate surface area is 105 Å². The number of nitrogen functional groups attached to an aromatic ring is 1. The Morgan fingerprint density at radius 2 is 2.17 bits per heavy atom. The highest BCUT2D eigenvalue weighted by atomic mass is 32.2. The van der Waals surface area contributed by atoms with Crippen LogP contribution in [0, 0.1) is 6.92 Å². The van der Waals surface area contributed by atoms with E-state index in [0.717, 1.165) is 5.76 Å². The molecule has 0 saturated carbocycles. The molecule has 96 valence electrons. The van der Waals surface area contributed by atoms with Crippen molar-refractivity contribution in [1.82, 2.24) is 9.71 Å². The number of anilines is 1. The number of furan rings is 1. The molecule has 2 aromatic heterocycles. The molecule has 0 fully saturated rings. The van der Waals surface area contributed by atoms with Crippen LogP contribution in [0.2, 0.25) is 0 Å². The van der Waals surface area contributed by atoms with Gasteiger partial charge in [-0.2, -0.15) is 0 Å². The Morgan fingerprint density at radius 1 is 1.39 bits per heavy atom. The lowest BCUT2D eigenvalue weighted by molar-refractivity contribution is 0.475. The van der Waals surface area contributed by atoms with E-state index < -0.39 is 10.0 Å². The zero-order valence-corrected chi connectivity index (χ0v) is 10.6. The van der Waals surface area contributed by atoms with E-state index >= 15 is 0 Å². The maximum absolute atomic E-state index is 12.0. The molecule has 0 aliphatic carbocycles. The van der Waals surface area contributed by atoms with Crippen LogP contribution in [0.5, 0.6) is 0 Å². The topological polar surface area (TPSA) is 98.2 Å². The van der Waals surface area contributed by atoms with E-state index in [1.165, 1.54) is 18.3 Å². The van der Waals surface area contributed by atoms with Gasteiger partial charge in [0, 0.05) is 6.20 Å². The Kier molecular flexibility index (Phi) is 3.35. The molecule has 0 aromatic carbocycles. The summed E-state index contributed by atoms with van der Waals surface area (Å²) in [7, 11) is -3.68. The third-order valence-corrected chi connectivity index (χ3v) is 3.77. The van der Waals surface area contributed by atoms with Crippen LogP contribution in [0.4, 0.5) is 5.82 Å². The normalized spacial score (nSPS) is 11.6. The van der Waals surface area contributed by atoms with Crippen molar-refractivity contribution >= 4 is 15.8 Å². The average Bonchev–Trinajstić information content (AvgIpc) is 2.73. The summed E-state index contributed by atoms with van der Waals surface area (Å²) in [5, 5.41) is 0. The Balaban J connectivity index is 2.16. The SMILES string of the molecule is Cc1ccc(CNS(=O)(=O)c2cccnc2N)o1. The molecule has 2 rings (SSSR count). The van der Waals surface area contributed by atoms with Crippen LogP contribution < -0.4 is 10.5 Å². The highest BCUT2D eigenvalue weighted by molar-refractivity contribution is 7.89. The van der Waals surface area contributed by atoms with Crippen molar-refractivity contribution in [3.8, 4) is 0 Å². The van der Waals surface area contributed by atoms with Gasteiger partial charge >= 0.3 is 0 Å². The summed E-state index contributed by atoms with van der Waals surface area (Å²) in [6.45, 7) is 1.86. The molecule has 0 atom stereocenters. The number of sulfonamides is 1. The first-order chi connectivity index (χ1) is 8.49. The van der Waals surface area contributed by atoms with Gasteiger partial charge in [0.05, 0.1) is 6.54 Å². The maximum Gasteiger partial charge on any atom is 0.244 e. The lowest BCUT2D eigenvalue weighted by Crippen LogP contribution is -2.24. The second-order valence-corrected chi connectivity index (χ2v) is 5.46. The van der Waals surface area contributed by atoms with Gasteiger partial charge in [0.2, 0.25) is 10.0 Å². The van der Waals surface area contributed by atoms with Gasteiger partial charge in [-0.25, -0.2) is 18.1 Å². The molecular formula is C11H13N3O3S. The molecule has 6 nitrogen and oxygen atoms in total. The maximum atomic E-state index is 12.0. The van der Waals surface area contributed by atoms with E-state index in [1.54, 1.807) is 19.1 Å². The minimum Gasteiger partial charge on any atom is -0.465 e. The van der Waals surface area contributed by atoms with Crippen LogP contribution >= 0.6 is 0 Å². The van der Waals surface area contributed by atoms with Crippen molar-refractivity contribution in [2.75, 3.05) is 5.73 Å². The highest BCUT2D eigenvalue weighted by Crippen LogP contribution is 2.15. The fraction of sp³-hybridized carbons (Fsp3) is 0.182. The number of aromatic nitrogens is 1. The van der Waals surface area contributed by atoms with Crippen molar-refractivity contribution in [2.24, 2.45) is 0 Å². The minimum absolute atomic E-state index is 0.0272. The summed E-state index contributed by atoms with van der Waals surface area (Å²) >= 11 is 0. The van der Waals surface area contributed by atoms with Crippen LogP contribution in [-0.4, -0.2) is 13.4 Å². The monoisotopic (exact) mass is 267 g/mol. The van der Waals surface area contributed by atoms with Crippen LogP contribution in [0.3, 0.4) is 0 Å². The van der Waals surface area contributed by atoms with Crippen molar-refractivity contribution in [3.05, 3.63) is 42.0 Å². The van der Waals surface area contributed by atoms with Gasteiger partial charge in [0.15, 0.2) is 0 Å². The number of aryl methyl sites for hydroxylation is 1. The fourth-order valence-electron chi connectivity index (χ4n) is 1.45. The van der Waals surface area contributed by atoms with Gasteiger partial charge in [-0.05, 0) is 31.2 Å². The molecule has 0 amide bonds. The molecule has 7 heteroatoms. The summed E-state index contributed by atoms with van der Waals surface area (Å²) in [5.41, 5.74) is 5.53. The number of hydrogen-bond donors (Lipinski definition) is 2. The van der Waals surface area contributed by atoms with E-state index in [0.29, 0.717) is 5.76 Å². The fourth-order valence-corrected chi connectivity index (χ4v) is 2.53. The molecule has 0 saturated heterocycles. The highest BCUT2D eigenvalue weighted by Gasteiger charge is 2.17. The van der Waals surface area contributed by atoms with E-state index in [1.807, 2.05) is 0 Å². The number of pyridine rings is 1. The predicted octanol–water partition coefficient (Wildman–Crippen LogP) is 1.04. The van der Waals surface area contributed by atoms with Crippen LogP contribution in [0.1, 0.15) is 11.5 Å². The first-order valence-electron chi connectivity index (χ1n) is 5.24. The molecule has 2 aromatic rings. The van der Waals surface area contributed by atoms with Gasteiger partial charge in [0.25, 0.3) is 0 Å². The van der Waals surface area contributed by atoms with Gasteiger partial charge in [-0.1, -0.05) is 0 Å². The molecule has 18 heavy (non-hydrogen) atoms. The molecule has 2 heterocycles. The second kappa shape index (κ2) is 4.79. The van der Waals surface area contributed by atoms with Crippen molar-refractivity contribution in [2.45, 2.75) is 18.4 Å². The lowest BCUT2D eigenvalue weighted by atomic mass is 10.4. The number of nitrogens with two attached hydrogens (primary N) is 1. The van der Waals surface area contributed by atoms with Gasteiger partial charge < -0.3 is 10.2 Å². The molecule has 3 N–H and O–H groups in total. The molecule has 0 radical (unpaired) electrons. The van der Waals surface area contributed by atoms with Gasteiger partial charge in [0.1, 0.15) is 22.2 Å². The Bertz CT molecular complexity index is 649. The van der Waals surface area contributed by atoms with Crippen LogP contribution in [-0.2, 0) is 16.6 Å². The number of rotatable bonds is 4. The van der Waals surface area contributed by atoms with Crippen LogP contribution in [0.25, 0.3) is 0 Å². The minimum atomic E-state index is -3.68. The van der Waals surface area contributed by atoms with Crippen molar-refractivity contribution in [1.29, 1.82) is 0 Å². The molecule has 0 bridgehead atoms. The lowest BCUT2D eigenvalue weighted by Gasteiger charge is -2.06. The summed E-state index contributed by atoms with van der Waals surface area (Å²) in [6.07, 6.45) is 1.43. The molecule has 0 spiro atoms. The smallest absolute Gasteiger partial charge is 0.244 e. The number of nitrogens with one attached hydrogen (secondary N) is 1. The zero-order chi connectivity index (χ0) is 13.2. The predicted molar refractivity (Wildman–Crippen MR) is 66.1 cm³/mol. The van der Waals surface area contributed by atoms with Gasteiger partial charge in [-0.15, -0.1) is 0 Å². The molecule has 0 unspecified atom stereocenters. The molecular weight excluding hydrogens is 254 g/mol. The van der Waals surface area contributed by atoms with E-state index in [9.17, 15) is 8.42 Å². The quantitative estimate of drug-likeness (QED) is 0.862. The Hall–Kier alpha value is -1.86. The van der Waals surface area contributed by atoms with E-state index in [2.05, 4.69) is 9.71 Å². The average molecular weight is 267 g/mol. The summed E-state index contributed by atoms with van der Waals surface area (Å²) in [6, 6.07) is 6.40. The number of nitrogens with zero attached hydrogens (tertiary/aromatic N) is 1. The molecule has 0 aliphatic rings. The summed E-state index contributed by atoms with van der Waals surface area (Å²) in [5.74, 6) is 1.24. The van der Waals surface area contributed by atoms with Crippen molar-refractivity contribution in [3.63, 3.8) is 0 Å². The largest absolute Gasteiger partial charge is 0.465 e. The standard InChI is InChI=1S/C11H13N3O3S/c1-8-4-5-9(17-8)7-14-18(15,16)10-3-2-6-13-11(10)12/h2-6,14H,7H2,1H3,(H2,12,13). The summed E-state index contributed by atoms with van der Waals surface area (Å²) < 4.78 is 31.6. The van der Waals surface area contributed by atoms with E-state index in [4.69, 9.17) is 10.2 Å². The van der Waals surface area contributed by atoms with E-state index in [-0.39, 0.29) is 17.3 Å². The van der Waals surface area contributed by atoms with Gasteiger partial charge in [-0.3, -0.25) is 0 Å². The second-order valence-electron chi connectivity index (χ2n) is 3.72. The van der Waals surface area contributed by atoms with Crippen LogP contribution in [0.15, 0.2) is 39.8 Å². The first-order valence-corrected chi connectivity index (χ1v) is 6.73. The molecule has 0 aliphatic heterocycles.